The molecule has 4 rings (SSSR count). The van der Waals surface area contributed by atoms with Gasteiger partial charge in [0.25, 0.3) is 0 Å². The third-order valence-electron chi connectivity index (χ3n) is 4.17. The molecule has 0 atom stereocenters. The first-order chi connectivity index (χ1) is 13.2. The maximum absolute atomic E-state index is 12.4. The lowest BCUT2D eigenvalue weighted by Gasteiger charge is -2.05. The van der Waals surface area contributed by atoms with Crippen molar-refractivity contribution in [1.29, 1.82) is 5.26 Å². The smallest absolute Gasteiger partial charge is 0.338 e. The van der Waals surface area contributed by atoms with Gasteiger partial charge >= 0.3 is 5.97 Å². The Morgan fingerprint density at radius 3 is 2.70 bits per heavy atom. The molecule has 5 nitrogen and oxygen atoms in total. The average Bonchev–Trinajstić information content (AvgIpc) is 3.16. The van der Waals surface area contributed by atoms with Crippen molar-refractivity contribution in [2.24, 2.45) is 0 Å². The zero-order valence-electron chi connectivity index (χ0n) is 14.3. The summed E-state index contributed by atoms with van der Waals surface area (Å²) in [7, 11) is 0. The van der Waals surface area contributed by atoms with Crippen LogP contribution in [0.2, 0.25) is 0 Å². The van der Waals surface area contributed by atoms with Gasteiger partial charge in [-0.3, -0.25) is 0 Å². The zero-order chi connectivity index (χ0) is 18.6. The maximum Gasteiger partial charge on any atom is 0.338 e. The second-order valence-corrected chi connectivity index (χ2v) is 6.00. The lowest BCUT2D eigenvalue weighted by Crippen LogP contribution is -2.05. The Hall–Kier alpha value is -3.91. The molecule has 0 aliphatic heterocycles. The van der Waals surface area contributed by atoms with Crippen molar-refractivity contribution in [3.05, 3.63) is 89.5 Å². The molecular formula is C22H14N2O3. The molecule has 0 spiro atoms. The van der Waals surface area contributed by atoms with Gasteiger partial charge < -0.3 is 9.26 Å². The Morgan fingerprint density at radius 2 is 1.89 bits per heavy atom. The number of hydrogen-bond acceptors (Lipinski definition) is 5. The van der Waals surface area contributed by atoms with Crippen LogP contribution in [0.4, 0.5) is 0 Å². The predicted molar refractivity (Wildman–Crippen MR) is 99.7 cm³/mol. The Morgan fingerprint density at radius 1 is 1.04 bits per heavy atom. The molecule has 0 bridgehead atoms. The highest BCUT2D eigenvalue weighted by molar-refractivity contribution is 5.98. The highest BCUT2D eigenvalue weighted by atomic mass is 16.5. The number of nitriles is 1. The van der Waals surface area contributed by atoms with Crippen LogP contribution < -0.4 is 0 Å². The Kier molecular flexibility index (Phi) is 4.38. The molecule has 0 saturated heterocycles. The minimum atomic E-state index is -0.445. The average molecular weight is 354 g/mol. The number of aromatic nitrogens is 1. The van der Waals surface area contributed by atoms with Crippen molar-refractivity contribution in [1.82, 2.24) is 5.16 Å². The maximum atomic E-state index is 12.4. The van der Waals surface area contributed by atoms with Gasteiger partial charge in [-0.05, 0) is 35.9 Å². The molecule has 1 aromatic heterocycles. The van der Waals surface area contributed by atoms with Gasteiger partial charge in [0.1, 0.15) is 12.1 Å². The number of carbonyl (C=O) groups excluding carboxylic acids is 1. The van der Waals surface area contributed by atoms with Crippen molar-refractivity contribution in [3.8, 4) is 17.4 Å². The number of carbonyl (C=O) groups is 1. The second kappa shape index (κ2) is 7.14. The van der Waals surface area contributed by atoms with Gasteiger partial charge in [-0.15, -0.1) is 0 Å². The first kappa shape index (κ1) is 16.6. The summed E-state index contributed by atoms with van der Waals surface area (Å²) in [5.41, 5.74) is 3.27. The van der Waals surface area contributed by atoms with Crippen LogP contribution in [-0.4, -0.2) is 11.1 Å². The summed E-state index contributed by atoms with van der Waals surface area (Å²) in [6.45, 7) is 0.0988. The second-order valence-electron chi connectivity index (χ2n) is 6.00. The van der Waals surface area contributed by atoms with Crippen LogP contribution in [-0.2, 0) is 11.3 Å². The number of rotatable bonds is 4. The van der Waals surface area contributed by atoms with Crippen molar-refractivity contribution in [2.45, 2.75) is 6.61 Å². The molecule has 0 N–H and O–H groups in total. The van der Waals surface area contributed by atoms with E-state index in [1.165, 1.54) is 0 Å². The van der Waals surface area contributed by atoms with E-state index in [2.05, 4.69) is 11.2 Å². The normalized spacial score (nSPS) is 10.5. The van der Waals surface area contributed by atoms with Gasteiger partial charge in [0.15, 0.2) is 5.76 Å². The lowest BCUT2D eigenvalue weighted by molar-refractivity contribution is 0.0473. The predicted octanol–water partition coefficient (Wildman–Crippen LogP) is 4.72. The first-order valence-electron chi connectivity index (χ1n) is 8.35. The van der Waals surface area contributed by atoms with Crippen LogP contribution in [0.15, 0.2) is 77.3 Å². The fourth-order valence-electron chi connectivity index (χ4n) is 2.83. The van der Waals surface area contributed by atoms with Gasteiger partial charge in [-0.25, -0.2) is 4.79 Å². The minimum Gasteiger partial charge on any atom is -0.457 e. The molecule has 0 amide bonds. The monoisotopic (exact) mass is 354 g/mol. The quantitative estimate of drug-likeness (QED) is 0.496. The van der Waals surface area contributed by atoms with Crippen molar-refractivity contribution in [2.75, 3.05) is 0 Å². The fraction of sp³-hybridized carbons (Fsp3) is 0.0455. The molecule has 4 aromatic rings. The number of hydrogen-bond donors (Lipinski definition) is 0. The summed E-state index contributed by atoms with van der Waals surface area (Å²) in [5, 5.41) is 13.7. The van der Waals surface area contributed by atoms with Gasteiger partial charge in [-0.1, -0.05) is 47.6 Å². The molecule has 5 heteroatoms. The SMILES string of the molecule is N#Cc1cccc(COC(=O)c2ccc3noc(-c4ccccc4)c3c2)c1. The van der Waals surface area contributed by atoms with Crippen LogP contribution in [0.25, 0.3) is 22.2 Å². The van der Waals surface area contributed by atoms with E-state index in [0.29, 0.717) is 22.4 Å². The third kappa shape index (κ3) is 3.42. The van der Waals surface area contributed by atoms with Gasteiger partial charge in [0.05, 0.1) is 22.6 Å². The molecule has 1 heterocycles. The molecule has 0 saturated carbocycles. The zero-order valence-corrected chi connectivity index (χ0v) is 14.3. The topological polar surface area (TPSA) is 76.1 Å². The molecule has 27 heavy (non-hydrogen) atoms. The van der Waals surface area contributed by atoms with E-state index in [1.807, 2.05) is 36.4 Å². The number of nitrogens with zero attached hydrogens (tertiary/aromatic N) is 2. The lowest BCUT2D eigenvalue weighted by atomic mass is 10.1. The number of esters is 1. The van der Waals surface area contributed by atoms with Crippen LogP contribution in [0.3, 0.4) is 0 Å². The van der Waals surface area contributed by atoms with Crippen LogP contribution >= 0.6 is 0 Å². The van der Waals surface area contributed by atoms with E-state index >= 15 is 0 Å². The first-order valence-corrected chi connectivity index (χ1v) is 8.35. The summed E-state index contributed by atoms with van der Waals surface area (Å²) in [5.74, 6) is 0.168. The fourth-order valence-corrected chi connectivity index (χ4v) is 2.83. The number of benzene rings is 3. The van der Waals surface area contributed by atoms with Crippen LogP contribution in [0.5, 0.6) is 0 Å². The molecule has 0 unspecified atom stereocenters. The van der Waals surface area contributed by atoms with Crippen molar-refractivity contribution < 1.29 is 14.1 Å². The molecule has 130 valence electrons. The Bertz CT molecular complexity index is 1160. The molecule has 0 radical (unpaired) electrons. The van der Waals surface area contributed by atoms with Gasteiger partial charge in [0, 0.05) is 5.56 Å². The van der Waals surface area contributed by atoms with E-state index in [1.54, 1.807) is 36.4 Å². The van der Waals surface area contributed by atoms with E-state index in [4.69, 9.17) is 14.5 Å². The summed E-state index contributed by atoms with van der Waals surface area (Å²) in [6, 6.07) is 23.8. The largest absolute Gasteiger partial charge is 0.457 e. The van der Waals surface area contributed by atoms with Crippen LogP contribution in [0.1, 0.15) is 21.5 Å². The molecular weight excluding hydrogens is 340 g/mol. The number of fused-ring (bicyclic) bond motifs is 1. The summed E-state index contributed by atoms with van der Waals surface area (Å²) >= 11 is 0. The van der Waals surface area contributed by atoms with E-state index in [9.17, 15) is 4.79 Å². The van der Waals surface area contributed by atoms with Crippen molar-refractivity contribution in [3.63, 3.8) is 0 Å². The van der Waals surface area contributed by atoms with E-state index < -0.39 is 5.97 Å². The molecule has 0 fully saturated rings. The summed E-state index contributed by atoms with van der Waals surface area (Å²) in [4.78, 5) is 12.4. The van der Waals surface area contributed by atoms with Gasteiger partial charge in [-0.2, -0.15) is 5.26 Å². The highest BCUT2D eigenvalue weighted by Crippen LogP contribution is 2.29. The van der Waals surface area contributed by atoms with Gasteiger partial charge in [0.2, 0.25) is 0 Å². The van der Waals surface area contributed by atoms with E-state index in [0.717, 1.165) is 16.5 Å². The molecule has 0 aliphatic rings. The summed E-state index contributed by atoms with van der Waals surface area (Å²) in [6.07, 6.45) is 0. The van der Waals surface area contributed by atoms with E-state index in [-0.39, 0.29) is 6.61 Å². The molecule has 0 aliphatic carbocycles. The van der Waals surface area contributed by atoms with Crippen molar-refractivity contribution >= 4 is 16.9 Å². The minimum absolute atomic E-state index is 0.0988. The molecule has 3 aromatic carbocycles. The summed E-state index contributed by atoms with van der Waals surface area (Å²) < 4.78 is 10.8. The van der Waals surface area contributed by atoms with Crippen LogP contribution in [0, 0.1) is 11.3 Å². The standard InChI is InChI=1S/C22H14N2O3/c23-13-15-5-4-6-16(11-15)14-26-22(25)18-9-10-20-19(12-18)21(27-24-20)17-7-2-1-3-8-17/h1-12H,14H2. The number of ether oxygens (including phenoxy) is 1. The third-order valence-corrected chi connectivity index (χ3v) is 4.17. The Balaban J connectivity index is 1.58. The Labute approximate surface area is 155 Å². The highest BCUT2D eigenvalue weighted by Gasteiger charge is 2.15.